The predicted octanol–water partition coefficient (Wildman–Crippen LogP) is 5.08. The van der Waals surface area contributed by atoms with Crippen LogP contribution in [0, 0.1) is 5.92 Å². The van der Waals surface area contributed by atoms with Crippen LogP contribution in [0.4, 0.5) is 18.9 Å². The average molecular weight is 551 g/mol. The van der Waals surface area contributed by atoms with Crippen molar-refractivity contribution in [2.45, 2.75) is 45.8 Å². The van der Waals surface area contributed by atoms with Crippen LogP contribution >= 0.6 is 0 Å². The van der Waals surface area contributed by atoms with Gasteiger partial charge in [0.1, 0.15) is 0 Å². The molecule has 0 aliphatic carbocycles. The zero-order valence-electron chi connectivity index (χ0n) is 22.5. The molecule has 1 aliphatic heterocycles. The van der Waals surface area contributed by atoms with E-state index in [1.54, 1.807) is 24.3 Å². The summed E-state index contributed by atoms with van der Waals surface area (Å²) in [5.41, 5.74) is 2.41. The summed E-state index contributed by atoms with van der Waals surface area (Å²) >= 11 is 0. The molecule has 1 saturated heterocycles. The lowest BCUT2D eigenvalue weighted by Crippen LogP contribution is -2.53. The van der Waals surface area contributed by atoms with Crippen LogP contribution in [0.15, 0.2) is 59.6 Å². The van der Waals surface area contributed by atoms with Crippen molar-refractivity contribution in [2.75, 3.05) is 38.0 Å². The van der Waals surface area contributed by atoms with E-state index >= 15 is 0 Å². The summed E-state index contributed by atoms with van der Waals surface area (Å²) < 4.78 is 31.7. The van der Waals surface area contributed by atoms with Crippen LogP contribution in [-0.2, 0) is 11.2 Å². The first-order chi connectivity index (χ1) is 18.4. The molecule has 2 aromatic carbocycles. The van der Waals surface area contributed by atoms with E-state index in [0.717, 1.165) is 44.2 Å². The maximum atomic E-state index is 11.2. The number of aliphatic carboxylic acids is 1. The Morgan fingerprint density at radius 2 is 1.51 bits per heavy atom. The van der Waals surface area contributed by atoms with E-state index in [2.05, 4.69) is 60.2 Å². The quantitative estimate of drug-likeness (QED) is 0.311. The van der Waals surface area contributed by atoms with Crippen molar-refractivity contribution in [3.8, 4) is 0 Å². The summed E-state index contributed by atoms with van der Waals surface area (Å²) in [6.45, 7) is 11.5. The van der Waals surface area contributed by atoms with Gasteiger partial charge in [0.25, 0.3) is 0 Å². The molecule has 1 fully saturated rings. The lowest BCUT2D eigenvalue weighted by Gasteiger charge is -2.40. The Kier molecular flexibility index (Phi) is 12.2. The molecule has 8 nitrogen and oxygen atoms in total. The first kappa shape index (κ1) is 31.6. The highest BCUT2D eigenvalue weighted by atomic mass is 19.4. The summed E-state index contributed by atoms with van der Waals surface area (Å²) in [6.07, 6.45) is -2.98. The molecule has 2 aromatic rings. The van der Waals surface area contributed by atoms with Gasteiger partial charge >= 0.3 is 18.1 Å². The summed E-state index contributed by atoms with van der Waals surface area (Å²) in [7, 11) is 0. The predicted molar refractivity (Wildman–Crippen MR) is 145 cm³/mol. The molecule has 0 bridgehead atoms. The Bertz CT molecular complexity index is 1070. The lowest BCUT2D eigenvalue weighted by molar-refractivity contribution is -0.192. The van der Waals surface area contributed by atoms with Gasteiger partial charge in [-0.05, 0) is 55.5 Å². The number of rotatable bonds is 8. The molecule has 0 aromatic heterocycles. The number of halogens is 3. The Labute approximate surface area is 227 Å². The molecule has 1 atom stereocenters. The van der Waals surface area contributed by atoms with E-state index in [1.165, 1.54) is 12.0 Å². The molecule has 1 aliphatic rings. The van der Waals surface area contributed by atoms with Gasteiger partial charge in [-0.1, -0.05) is 44.2 Å². The van der Waals surface area contributed by atoms with E-state index < -0.39 is 18.1 Å². The first-order valence-electron chi connectivity index (χ1n) is 12.8. The number of guanidine groups is 1. The Hall–Kier alpha value is -3.60. The number of anilines is 1. The minimum absolute atomic E-state index is 0.283. The molecule has 0 saturated carbocycles. The number of aliphatic imine (C=N–C) groups is 1. The van der Waals surface area contributed by atoms with Crippen molar-refractivity contribution in [2.24, 2.45) is 10.9 Å². The summed E-state index contributed by atoms with van der Waals surface area (Å²) in [5, 5.41) is 19.7. The van der Waals surface area contributed by atoms with Crippen LogP contribution in [0.25, 0.3) is 0 Å². The van der Waals surface area contributed by atoms with Crippen molar-refractivity contribution >= 4 is 23.6 Å². The highest BCUT2D eigenvalue weighted by molar-refractivity contribution is 5.94. The molecular formula is C28H37F3N4O4. The van der Waals surface area contributed by atoms with Gasteiger partial charge in [-0.2, -0.15) is 13.2 Å². The number of carboxylic acid groups (broad SMARTS) is 2. The van der Waals surface area contributed by atoms with Gasteiger partial charge in [0.05, 0.1) is 5.56 Å². The van der Waals surface area contributed by atoms with Crippen LogP contribution < -0.4 is 5.32 Å². The van der Waals surface area contributed by atoms with E-state index in [4.69, 9.17) is 20.0 Å². The van der Waals surface area contributed by atoms with Crippen molar-refractivity contribution < 1.29 is 33.0 Å². The molecule has 3 N–H and O–H groups in total. The number of alkyl halides is 3. The van der Waals surface area contributed by atoms with Crippen LogP contribution in [0.5, 0.6) is 0 Å². The monoisotopic (exact) mass is 550 g/mol. The fraction of sp³-hybridized carbons (Fsp3) is 0.464. The number of nitrogens with one attached hydrogen (secondary N) is 1. The fourth-order valence-electron chi connectivity index (χ4n) is 4.19. The number of hydrogen-bond acceptors (Lipinski definition) is 4. The molecule has 0 spiro atoms. The van der Waals surface area contributed by atoms with Crippen molar-refractivity contribution in [1.29, 1.82) is 0 Å². The second kappa shape index (κ2) is 15.1. The van der Waals surface area contributed by atoms with E-state index in [0.29, 0.717) is 18.5 Å². The molecular weight excluding hydrogens is 513 g/mol. The van der Waals surface area contributed by atoms with Gasteiger partial charge in [0.15, 0.2) is 5.96 Å². The third kappa shape index (κ3) is 11.4. The number of benzene rings is 2. The maximum Gasteiger partial charge on any atom is 0.490 e. The van der Waals surface area contributed by atoms with Gasteiger partial charge in [-0.3, -0.25) is 9.89 Å². The van der Waals surface area contributed by atoms with Gasteiger partial charge in [0, 0.05) is 44.5 Å². The highest BCUT2D eigenvalue weighted by Gasteiger charge is 2.38. The van der Waals surface area contributed by atoms with Crippen molar-refractivity contribution in [1.82, 2.24) is 9.80 Å². The number of piperazine rings is 1. The summed E-state index contributed by atoms with van der Waals surface area (Å²) in [5.74, 6) is -2.11. The Balaban J connectivity index is 0.000000673. The average Bonchev–Trinajstić information content (AvgIpc) is 2.88. The first-order valence-corrected chi connectivity index (χ1v) is 12.8. The Morgan fingerprint density at radius 3 is 2.00 bits per heavy atom. The third-order valence-electron chi connectivity index (χ3n) is 6.19. The van der Waals surface area contributed by atoms with E-state index in [9.17, 15) is 18.0 Å². The molecule has 1 unspecified atom stereocenters. The van der Waals surface area contributed by atoms with Crippen LogP contribution in [0.3, 0.4) is 0 Å². The molecule has 39 heavy (non-hydrogen) atoms. The summed E-state index contributed by atoms with van der Waals surface area (Å²) in [4.78, 5) is 29.8. The second-order valence-corrected chi connectivity index (χ2v) is 9.75. The second-order valence-electron chi connectivity index (χ2n) is 9.75. The molecule has 1 heterocycles. The highest BCUT2D eigenvalue weighted by Crippen LogP contribution is 2.16. The molecule has 11 heteroatoms. The molecule has 0 amide bonds. The minimum Gasteiger partial charge on any atom is -0.478 e. The van der Waals surface area contributed by atoms with Gasteiger partial charge < -0.3 is 20.4 Å². The summed E-state index contributed by atoms with van der Waals surface area (Å²) in [6, 6.07) is 17.8. The number of hydrogen-bond donors (Lipinski definition) is 3. The van der Waals surface area contributed by atoms with E-state index in [-0.39, 0.29) is 5.56 Å². The normalized spacial score (nSPS) is 15.4. The fourth-order valence-corrected chi connectivity index (χ4v) is 4.19. The zero-order chi connectivity index (χ0) is 29.0. The van der Waals surface area contributed by atoms with Crippen molar-refractivity contribution in [3.05, 3.63) is 65.7 Å². The largest absolute Gasteiger partial charge is 0.490 e. The molecule has 0 radical (unpaired) electrons. The standard InChI is InChI=1S/C26H36N4O2.C2HF3O2/c1-20(2)19-21(3)29-15-17-30(18-16-29)26(27-14-13-22-7-5-4-6-8-22)28-24-11-9-23(10-12-24)25(31)32;3-2(4,5)1(6)7/h4-12,20-21H,13-19H2,1-3H3,(H,27,28)(H,31,32);(H,6,7). The molecule has 214 valence electrons. The molecule has 3 rings (SSSR count). The van der Waals surface area contributed by atoms with Crippen LogP contribution in [0.2, 0.25) is 0 Å². The topological polar surface area (TPSA) is 105 Å². The SMILES string of the molecule is CC(C)CC(C)N1CCN(C(=NCCc2ccccc2)Nc2ccc(C(=O)O)cc2)CC1.O=C(O)C(F)(F)F. The van der Waals surface area contributed by atoms with Gasteiger partial charge in [-0.25, -0.2) is 9.59 Å². The number of carboxylic acids is 2. The van der Waals surface area contributed by atoms with Crippen LogP contribution in [-0.4, -0.2) is 82.9 Å². The lowest BCUT2D eigenvalue weighted by atomic mass is 10.0. The van der Waals surface area contributed by atoms with Crippen LogP contribution in [0.1, 0.15) is 43.1 Å². The zero-order valence-corrected chi connectivity index (χ0v) is 22.5. The third-order valence-corrected chi connectivity index (χ3v) is 6.19. The van der Waals surface area contributed by atoms with E-state index in [1.807, 2.05) is 6.07 Å². The number of nitrogens with zero attached hydrogens (tertiary/aromatic N) is 3. The maximum absolute atomic E-state index is 11.2. The number of aromatic carboxylic acids is 1. The smallest absolute Gasteiger partial charge is 0.478 e. The van der Waals surface area contributed by atoms with Gasteiger partial charge in [0.2, 0.25) is 0 Å². The minimum atomic E-state index is -5.08. The van der Waals surface area contributed by atoms with Gasteiger partial charge in [-0.15, -0.1) is 0 Å². The number of carbonyl (C=O) groups is 2. The Morgan fingerprint density at radius 1 is 0.949 bits per heavy atom. The van der Waals surface area contributed by atoms with Crippen molar-refractivity contribution in [3.63, 3.8) is 0 Å².